The van der Waals surface area contributed by atoms with Gasteiger partial charge >= 0.3 is 0 Å². The van der Waals surface area contributed by atoms with Crippen LogP contribution in [0, 0.1) is 11.8 Å². The third kappa shape index (κ3) is 3.83. The Morgan fingerprint density at radius 2 is 1.45 bits per heavy atom. The zero-order chi connectivity index (χ0) is 8.48. The van der Waals surface area contributed by atoms with Gasteiger partial charge in [-0.15, -0.1) is 0 Å². The van der Waals surface area contributed by atoms with Crippen LogP contribution >= 0.6 is 67.8 Å². The largest absolute Gasteiger partial charge is 0.127 e. The summed E-state index contributed by atoms with van der Waals surface area (Å²) in [5.41, 5.74) is 0. The summed E-state index contributed by atoms with van der Waals surface area (Å²) in [4.78, 5) is 0. The number of halogens is 3. The van der Waals surface area contributed by atoms with Gasteiger partial charge in [0.2, 0.25) is 0 Å². The molecule has 0 aromatic rings. The predicted molar refractivity (Wildman–Crippen MR) is 75.9 cm³/mol. The molecule has 0 N–H and O–H groups in total. The summed E-state index contributed by atoms with van der Waals surface area (Å²) in [6, 6.07) is 0. The quantitative estimate of drug-likeness (QED) is 0.368. The number of hydrogen-bond donors (Lipinski definition) is 0. The molecule has 0 bridgehead atoms. The van der Waals surface area contributed by atoms with Gasteiger partial charge in [0.15, 0.2) is 0 Å². The first-order valence-corrected chi connectivity index (χ1v) is 7.30. The first-order valence-electron chi connectivity index (χ1n) is 4.07. The second kappa shape index (κ2) is 4.61. The highest BCUT2D eigenvalue weighted by Crippen LogP contribution is 2.49. The summed E-state index contributed by atoms with van der Waals surface area (Å²) in [7, 11) is 0. The second-order valence-corrected chi connectivity index (χ2v) is 14.8. The molecule has 0 spiro atoms. The Morgan fingerprint density at radius 3 is 1.82 bits per heavy atom. The SMILES string of the molecule is C[C@H]1CC[C@H](C(I)(I)I)CC1. The van der Waals surface area contributed by atoms with Crippen molar-refractivity contribution in [1.29, 1.82) is 0 Å². The van der Waals surface area contributed by atoms with Crippen LogP contribution in [0.15, 0.2) is 0 Å². The molecule has 0 nitrogen and oxygen atoms in total. The first kappa shape index (κ1) is 11.3. The van der Waals surface area contributed by atoms with Crippen molar-refractivity contribution in [2.45, 2.75) is 32.0 Å². The zero-order valence-corrected chi connectivity index (χ0v) is 13.1. The van der Waals surface area contributed by atoms with E-state index < -0.39 is 0 Å². The maximum Gasteiger partial charge on any atom is 0.127 e. The van der Waals surface area contributed by atoms with Gasteiger partial charge in [0.1, 0.15) is -0.565 Å². The first-order chi connectivity index (χ1) is 5.00. The highest BCUT2D eigenvalue weighted by molar-refractivity contribution is 14.3. The van der Waals surface area contributed by atoms with Gasteiger partial charge in [0.05, 0.1) is 0 Å². The van der Waals surface area contributed by atoms with Gasteiger partial charge in [-0.05, 0) is 24.7 Å². The standard InChI is InChI=1S/C8H13I3/c1-6-2-4-7(5-3-6)8(9,10)11/h6-7H,2-5H2,1H3/t6-,7-. The average molecular weight is 490 g/mol. The van der Waals surface area contributed by atoms with Gasteiger partial charge in [-0.25, -0.2) is 0 Å². The number of hydrogen-bond acceptors (Lipinski definition) is 0. The molecule has 1 fully saturated rings. The molecule has 0 aromatic carbocycles. The summed E-state index contributed by atoms with van der Waals surface area (Å²) >= 11 is 7.73. The Hall–Kier alpha value is 2.19. The molecule has 0 aromatic heterocycles. The van der Waals surface area contributed by atoms with E-state index in [-0.39, 0.29) is 0 Å². The minimum absolute atomic E-state index is 0.466. The van der Waals surface area contributed by atoms with Crippen molar-refractivity contribution in [1.82, 2.24) is 0 Å². The minimum Gasteiger partial charge on any atom is -0.0625 e. The van der Waals surface area contributed by atoms with Crippen LogP contribution in [0.25, 0.3) is 0 Å². The topological polar surface area (TPSA) is 0 Å². The number of alkyl halides is 3. The third-order valence-electron chi connectivity index (χ3n) is 2.48. The van der Waals surface area contributed by atoms with Crippen molar-refractivity contribution in [2.75, 3.05) is 0 Å². The molecule has 0 atom stereocenters. The molecule has 0 radical (unpaired) electrons. The van der Waals surface area contributed by atoms with E-state index in [1.807, 2.05) is 0 Å². The molecule has 1 aliphatic rings. The van der Waals surface area contributed by atoms with E-state index in [9.17, 15) is 0 Å². The van der Waals surface area contributed by atoms with Crippen LogP contribution in [0.1, 0.15) is 32.6 Å². The molecule has 0 unspecified atom stereocenters. The highest BCUT2D eigenvalue weighted by atomic mass is 127. The highest BCUT2D eigenvalue weighted by Gasteiger charge is 2.32. The van der Waals surface area contributed by atoms with Crippen LogP contribution in [0.2, 0.25) is 0 Å². The Morgan fingerprint density at radius 1 is 1.00 bits per heavy atom. The van der Waals surface area contributed by atoms with Crippen LogP contribution in [-0.4, -0.2) is -0.565 Å². The van der Waals surface area contributed by atoms with E-state index in [2.05, 4.69) is 74.7 Å². The summed E-state index contributed by atoms with van der Waals surface area (Å²) < 4.78 is 0.466. The predicted octanol–water partition coefficient (Wildman–Crippen LogP) is 4.77. The van der Waals surface area contributed by atoms with Gasteiger partial charge in [-0.2, -0.15) is 0 Å². The lowest BCUT2D eigenvalue weighted by molar-refractivity contribution is 0.308. The molecule has 0 amide bonds. The summed E-state index contributed by atoms with van der Waals surface area (Å²) in [5, 5.41) is 0. The zero-order valence-electron chi connectivity index (χ0n) is 6.62. The Bertz CT molecular complexity index is 120. The normalized spacial score (nSPS) is 33.8. The average Bonchev–Trinajstić information content (AvgIpc) is 1.86. The lowest BCUT2D eigenvalue weighted by Crippen LogP contribution is -2.22. The van der Waals surface area contributed by atoms with E-state index in [0.29, 0.717) is -0.565 Å². The number of rotatable bonds is 1. The van der Waals surface area contributed by atoms with Crippen LogP contribution < -0.4 is 0 Å². The van der Waals surface area contributed by atoms with E-state index >= 15 is 0 Å². The van der Waals surface area contributed by atoms with Crippen molar-refractivity contribution in [3.05, 3.63) is 0 Å². The molecule has 1 rings (SSSR count). The smallest absolute Gasteiger partial charge is 0.0625 e. The second-order valence-electron chi connectivity index (χ2n) is 3.50. The molecule has 66 valence electrons. The van der Waals surface area contributed by atoms with Crippen molar-refractivity contribution in [2.24, 2.45) is 11.8 Å². The maximum absolute atomic E-state index is 2.58. The fraction of sp³-hybridized carbons (Fsp3) is 1.00. The Kier molecular flexibility index (Phi) is 4.72. The molecular formula is C8H13I3. The molecule has 1 saturated carbocycles. The van der Waals surface area contributed by atoms with Gasteiger partial charge in [-0.3, -0.25) is 0 Å². The lowest BCUT2D eigenvalue weighted by Gasteiger charge is -2.32. The third-order valence-corrected chi connectivity index (χ3v) is 5.12. The molecule has 0 heterocycles. The van der Waals surface area contributed by atoms with Gasteiger partial charge in [-0.1, -0.05) is 87.5 Å². The van der Waals surface area contributed by atoms with Crippen LogP contribution in [0.3, 0.4) is 0 Å². The van der Waals surface area contributed by atoms with E-state index in [1.54, 1.807) is 0 Å². The van der Waals surface area contributed by atoms with E-state index in [0.717, 1.165) is 11.8 Å². The molecule has 0 aliphatic heterocycles. The van der Waals surface area contributed by atoms with Gasteiger partial charge in [0, 0.05) is 0 Å². The fourth-order valence-electron chi connectivity index (χ4n) is 1.59. The fourth-order valence-corrected chi connectivity index (χ4v) is 3.46. The van der Waals surface area contributed by atoms with E-state index in [1.165, 1.54) is 25.7 Å². The van der Waals surface area contributed by atoms with Gasteiger partial charge in [0.25, 0.3) is 0 Å². The molecule has 3 heteroatoms. The molecule has 0 saturated heterocycles. The molecular weight excluding hydrogens is 477 g/mol. The molecule has 11 heavy (non-hydrogen) atoms. The summed E-state index contributed by atoms with van der Waals surface area (Å²) in [5.74, 6) is 1.93. The Labute approximate surface area is 110 Å². The van der Waals surface area contributed by atoms with Crippen LogP contribution in [0.4, 0.5) is 0 Å². The molecule has 1 aliphatic carbocycles. The minimum atomic E-state index is 0.466. The maximum atomic E-state index is 2.58. The van der Waals surface area contributed by atoms with Crippen LogP contribution in [-0.2, 0) is 0 Å². The van der Waals surface area contributed by atoms with Gasteiger partial charge < -0.3 is 0 Å². The van der Waals surface area contributed by atoms with Crippen LogP contribution in [0.5, 0.6) is 0 Å². The Balaban J connectivity index is 2.39. The van der Waals surface area contributed by atoms with Crippen molar-refractivity contribution >= 4 is 67.8 Å². The van der Waals surface area contributed by atoms with Crippen molar-refractivity contribution in [3.63, 3.8) is 0 Å². The summed E-state index contributed by atoms with van der Waals surface area (Å²) in [6.45, 7) is 2.38. The summed E-state index contributed by atoms with van der Waals surface area (Å²) in [6.07, 6.45) is 5.77. The monoisotopic (exact) mass is 490 g/mol. The lowest BCUT2D eigenvalue weighted by atomic mass is 9.84. The van der Waals surface area contributed by atoms with Crippen molar-refractivity contribution < 1.29 is 0 Å². The van der Waals surface area contributed by atoms with Crippen molar-refractivity contribution in [3.8, 4) is 0 Å². The van der Waals surface area contributed by atoms with E-state index in [4.69, 9.17) is 0 Å².